The SMILES string of the molecule is O/C(=C(\Cc1cccc(Cl)c1)C(O)c1cccnc1)c1cccc(Cl)c1. The van der Waals surface area contributed by atoms with Crippen LogP contribution in [0.3, 0.4) is 0 Å². The van der Waals surface area contributed by atoms with Crippen LogP contribution in [-0.2, 0) is 6.42 Å². The molecule has 1 aromatic heterocycles. The first kappa shape index (κ1) is 18.5. The van der Waals surface area contributed by atoms with Crippen molar-refractivity contribution in [1.29, 1.82) is 0 Å². The second-order valence-corrected chi connectivity index (χ2v) is 6.75. The molecule has 0 amide bonds. The Morgan fingerprint density at radius 1 is 0.962 bits per heavy atom. The fraction of sp³-hybridized carbons (Fsp3) is 0.0952. The van der Waals surface area contributed by atoms with Crippen molar-refractivity contribution in [1.82, 2.24) is 4.98 Å². The van der Waals surface area contributed by atoms with E-state index in [-0.39, 0.29) is 5.76 Å². The van der Waals surface area contributed by atoms with Gasteiger partial charge in [0.25, 0.3) is 0 Å². The highest BCUT2D eigenvalue weighted by Crippen LogP contribution is 2.31. The minimum Gasteiger partial charge on any atom is -0.507 e. The summed E-state index contributed by atoms with van der Waals surface area (Å²) < 4.78 is 0. The maximum Gasteiger partial charge on any atom is 0.125 e. The van der Waals surface area contributed by atoms with Gasteiger partial charge in [0.1, 0.15) is 11.9 Å². The predicted molar refractivity (Wildman–Crippen MR) is 105 cm³/mol. The van der Waals surface area contributed by atoms with Crippen LogP contribution in [0.2, 0.25) is 10.0 Å². The van der Waals surface area contributed by atoms with Crippen LogP contribution in [0.4, 0.5) is 0 Å². The fourth-order valence-electron chi connectivity index (χ4n) is 2.74. The van der Waals surface area contributed by atoms with Crippen LogP contribution >= 0.6 is 23.2 Å². The zero-order valence-electron chi connectivity index (χ0n) is 13.8. The number of benzene rings is 2. The van der Waals surface area contributed by atoms with Gasteiger partial charge in [0.05, 0.1) is 0 Å². The molecular weight excluding hydrogens is 369 g/mol. The molecule has 0 bridgehead atoms. The van der Waals surface area contributed by atoms with Crippen molar-refractivity contribution < 1.29 is 10.2 Å². The van der Waals surface area contributed by atoms with Crippen molar-refractivity contribution in [3.8, 4) is 0 Å². The van der Waals surface area contributed by atoms with Crippen molar-refractivity contribution in [3.05, 3.63) is 105 Å². The van der Waals surface area contributed by atoms with E-state index in [4.69, 9.17) is 23.2 Å². The van der Waals surface area contributed by atoms with Crippen molar-refractivity contribution >= 4 is 29.0 Å². The van der Waals surface area contributed by atoms with E-state index >= 15 is 0 Å². The van der Waals surface area contributed by atoms with E-state index in [0.29, 0.717) is 33.2 Å². The van der Waals surface area contributed by atoms with E-state index in [2.05, 4.69) is 4.98 Å². The molecule has 0 fully saturated rings. The van der Waals surface area contributed by atoms with E-state index < -0.39 is 6.10 Å². The summed E-state index contributed by atoms with van der Waals surface area (Å²) in [5, 5.41) is 22.9. The summed E-state index contributed by atoms with van der Waals surface area (Å²) >= 11 is 12.1. The molecule has 1 unspecified atom stereocenters. The lowest BCUT2D eigenvalue weighted by molar-refractivity contribution is 0.210. The molecular formula is C21H17Cl2NO2. The Kier molecular flexibility index (Phi) is 5.94. The average molecular weight is 386 g/mol. The van der Waals surface area contributed by atoms with Gasteiger partial charge in [-0.25, -0.2) is 0 Å². The number of aromatic nitrogens is 1. The molecule has 2 N–H and O–H groups in total. The first-order valence-corrected chi connectivity index (χ1v) is 8.80. The number of halogens is 2. The largest absolute Gasteiger partial charge is 0.507 e. The van der Waals surface area contributed by atoms with Gasteiger partial charge in [-0.1, -0.05) is 53.5 Å². The second kappa shape index (κ2) is 8.37. The van der Waals surface area contributed by atoms with E-state index in [9.17, 15) is 10.2 Å². The van der Waals surface area contributed by atoms with Crippen molar-refractivity contribution in [2.75, 3.05) is 0 Å². The Labute approximate surface area is 162 Å². The quantitative estimate of drug-likeness (QED) is 0.559. The maximum absolute atomic E-state index is 10.9. The average Bonchev–Trinajstić information content (AvgIpc) is 2.66. The summed E-state index contributed by atoms with van der Waals surface area (Å²) in [6, 6.07) is 17.7. The highest BCUT2D eigenvalue weighted by molar-refractivity contribution is 6.31. The van der Waals surface area contributed by atoms with Crippen molar-refractivity contribution in [2.24, 2.45) is 0 Å². The summed E-state index contributed by atoms with van der Waals surface area (Å²) in [4.78, 5) is 4.05. The highest BCUT2D eigenvalue weighted by Gasteiger charge is 2.20. The number of rotatable bonds is 5. The normalized spacial score (nSPS) is 13.2. The number of nitrogens with zero attached hydrogens (tertiary/aromatic N) is 1. The number of pyridine rings is 1. The highest BCUT2D eigenvalue weighted by atomic mass is 35.5. The van der Waals surface area contributed by atoms with Crippen LogP contribution in [0.25, 0.3) is 5.76 Å². The topological polar surface area (TPSA) is 53.4 Å². The minimum atomic E-state index is -1.01. The van der Waals surface area contributed by atoms with E-state index in [1.807, 2.05) is 18.2 Å². The smallest absolute Gasteiger partial charge is 0.125 e. The lowest BCUT2D eigenvalue weighted by atomic mass is 9.93. The van der Waals surface area contributed by atoms with Crippen LogP contribution in [0.5, 0.6) is 0 Å². The number of hydrogen-bond donors (Lipinski definition) is 2. The molecule has 1 atom stereocenters. The van der Waals surface area contributed by atoms with Crippen molar-refractivity contribution in [3.63, 3.8) is 0 Å². The van der Waals surface area contributed by atoms with Crippen LogP contribution in [0.15, 0.2) is 78.6 Å². The first-order valence-electron chi connectivity index (χ1n) is 8.05. The van der Waals surface area contributed by atoms with E-state index in [1.54, 1.807) is 54.9 Å². The summed E-state index contributed by atoms with van der Waals surface area (Å²) in [6.45, 7) is 0. The monoisotopic (exact) mass is 385 g/mol. The molecule has 0 aliphatic rings. The molecule has 1 heterocycles. The summed E-state index contributed by atoms with van der Waals surface area (Å²) in [5.74, 6) is -0.0103. The molecule has 5 heteroatoms. The Bertz CT molecular complexity index is 926. The number of hydrogen-bond acceptors (Lipinski definition) is 3. The van der Waals surface area contributed by atoms with Gasteiger partial charge in [0, 0.05) is 45.6 Å². The molecule has 0 aliphatic heterocycles. The predicted octanol–water partition coefficient (Wildman–Crippen LogP) is 5.63. The summed E-state index contributed by atoms with van der Waals surface area (Å²) in [7, 11) is 0. The number of aliphatic hydroxyl groups excluding tert-OH is 2. The zero-order valence-corrected chi connectivity index (χ0v) is 15.3. The van der Waals surface area contributed by atoms with Gasteiger partial charge >= 0.3 is 0 Å². The summed E-state index contributed by atoms with van der Waals surface area (Å²) in [5.41, 5.74) is 2.46. The van der Waals surface area contributed by atoms with Gasteiger partial charge in [-0.2, -0.15) is 0 Å². The molecule has 3 rings (SSSR count). The molecule has 0 saturated heterocycles. The molecule has 3 aromatic rings. The van der Waals surface area contributed by atoms with Gasteiger partial charge < -0.3 is 10.2 Å². The Morgan fingerprint density at radius 3 is 2.35 bits per heavy atom. The molecule has 2 aromatic carbocycles. The third-order valence-corrected chi connectivity index (χ3v) is 4.49. The standard InChI is InChI=1S/C21H17Cl2NO2/c22-17-7-1-4-14(10-17)11-19(21(26)16-6-3-9-24-13-16)20(25)15-5-2-8-18(23)12-15/h1-10,12-13,21,25-26H,11H2/b20-19+. The van der Waals surface area contributed by atoms with Gasteiger partial charge in [-0.05, 0) is 35.9 Å². The van der Waals surface area contributed by atoms with E-state index in [1.165, 1.54) is 0 Å². The molecule has 132 valence electrons. The third-order valence-electron chi connectivity index (χ3n) is 4.02. The van der Waals surface area contributed by atoms with Crippen LogP contribution < -0.4 is 0 Å². The Hall–Kier alpha value is -2.33. The fourth-order valence-corrected chi connectivity index (χ4v) is 3.14. The molecule has 26 heavy (non-hydrogen) atoms. The van der Waals surface area contributed by atoms with Crippen molar-refractivity contribution in [2.45, 2.75) is 12.5 Å². The van der Waals surface area contributed by atoms with Gasteiger partial charge in [-0.3, -0.25) is 4.98 Å². The van der Waals surface area contributed by atoms with E-state index in [0.717, 1.165) is 5.56 Å². The van der Waals surface area contributed by atoms with Crippen LogP contribution in [-0.4, -0.2) is 15.2 Å². The molecule has 0 aliphatic carbocycles. The molecule has 0 radical (unpaired) electrons. The van der Waals surface area contributed by atoms with Gasteiger partial charge in [0.2, 0.25) is 0 Å². The molecule has 0 spiro atoms. The second-order valence-electron chi connectivity index (χ2n) is 5.88. The third kappa shape index (κ3) is 4.44. The lowest BCUT2D eigenvalue weighted by Crippen LogP contribution is -2.08. The van der Waals surface area contributed by atoms with Gasteiger partial charge in [-0.15, -0.1) is 0 Å². The minimum absolute atomic E-state index is 0.0103. The molecule has 0 saturated carbocycles. The summed E-state index contributed by atoms with van der Waals surface area (Å²) in [6.07, 6.45) is 2.53. The Morgan fingerprint density at radius 2 is 1.69 bits per heavy atom. The molecule has 3 nitrogen and oxygen atoms in total. The maximum atomic E-state index is 10.9. The first-order chi connectivity index (χ1) is 12.5. The lowest BCUT2D eigenvalue weighted by Gasteiger charge is -2.18. The number of aliphatic hydroxyl groups is 2. The Balaban J connectivity index is 2.07. The van der Waals surface area contributed by atoms with Crippen LogP contribution in [0.1, 0.15) is 22.8 Å². The van der Waals surface area contributed by atoms with Crippen LogP contribution in [0, 0.1) is 0 Å². The zero-order chi connectivity index (χ0) is 18.5. The van der Waals surface area contributed by atoms with Gasteiger partial charge in [0.15, 0.2) is 0 Å².